The van der Waals surface area contributed by atoms with Crippen LogP contribution in [0.25, 0.3) is 0 Å². The molecule has 0 N–H and O–H groups in total. The fourth-order valence-corrected chi connectivity index (χ4v) is 8.53. The molecule has 0 aliphatic heterocycles. The summed E-state index contributed by atoms with van der Waals surface area (Å²) in [7, 11) is 0. The normalized spacial score (nSPS) is 12.8. The predicted octanol–water partition coefficient (Wildman–Crippen LogP) is 21.4. The van der Waals surface area contributed by atoms with Gasteiger partial charge in [0.2, 0.25) is 0 Å². The number of esters is 3. The highest BCUT2D eigenvalue weighted by atomic mass is 16.6. The third kappa shape index (κ3) is 60.8. The Hall–Kier alpha value is -3.93. The monoisotopic (exact) mass is 1040 g/mol. The van der Waals surface area contributed by atoms with Gasteiger partial charge in [-0.1, -0.05) is 252 Å². The van der Waals surface area contributed by atoms with Gasteiger partial charge in [-0.05, 0) is 128 Å². The quantitative estimate of drug-likeness (QED) is 0.0261. The number of carbonyl (C=O) groups excluding carboxylic acids is 3. The predicted molar refractivity (Wildman–Crippen MR) is 325 cm³/mol. The molecule has 0 rings (SSSR count). The van der Waals surface area contributed by atoms with Crippen molar-refractivity contribution in [3.05, 3.63) is 109 Å². The first kappa shape index (κ1) is 71.1. The Balaban J connectivity index is 4.45. The zero-order valence-electron chi connectivity index (χ0n) is 49.0. The zero-order chi connectivity index (χ0) is 54.3. The molecule has 75 heavy (non-hydrogen) atoms. The second-order valence-electron chi connectivity index (χ2n) is 20.6. The molecular weight excluding hydrogens is 925 g/mol. The van der Waals surface area contributed by atoms with Gasteiger partial charge >= 0.3 is 17.9 Å². The molecule has 1 unspecified atom stereocenters. The van der Waals surface area contributed by atoms with Crippen LogP contribution in [0.3, 0.4) is 0 Å². The van der Waals surface area contributed by atoms with Crippen molar-refractivity contribution in [2.75, 3.05) is 13.2 Å². The highest BCUT2D eigenvalue weighted by molar-refractivity contribution is 5.71. The van der Waals surface area contributed by atoms with E-state index in [-0.39, 0.29) is 31.1 Å². The number of allylic oxidation sites excluding steroid dienone is 18. The lowest BCUT2D eigenvalue weighted by Gasteiger charge is -2.18. The van der Waals surface area contributed by atoms with Gasteiger partial charge < -0.3 is 14.2 Å². The van der Waals surface area contributed by atoms with Gasteiger partial charge in [-0.3, -0.25) is 14.4 Å². The number of unbranched alkanes of at least 4 members (excludes halogenated alkanes) is 27. The zero-order valence-corrected chi connectivity index (χ0v) is 49.0. The van der Waals surface area contributed by atoms with Gasteiger partial charge in [0.05, 0.1) is 0 Å². The number of hydrogen-bond acceptors (Lipinski definition) is 6. The molecule has 0 fully saturated rings. The SMILES string of the molecule is CC/C=C\C/C=C\C/C=C\C/C=C\CCCCCCCCC(=O)OCC(COC(=O)CCCCCCCCCCC/C=C\C/C=C\CCCCC)OC(=O)CCCCCCCC/C=C\C/C=C\C/C=C\CCCCC. The molecule has 1 atom stereocenters. The molecule has 0 saturated heterocycles. The maximum atomic E-state index is 12.9. The van der Waals surface area contributed by atoms with E-state index in [1.165, 1.54) is 122 Å². The lowest BCUT2D eigenvalue weighted by Crippen LogP contribution is -2.30. The lowest BCUT2D eigenvalue weighted by molar-refractivity contribution is -0.167. The van der Waals surface area contributed by atoms with E-state index in [1.54, 1.807) is 0 Å². The largest absolute Gasteiger partial charge is 0.462 e. The van der Waals surface area contributed by atoms with Crippen molar-refractivity contribution in [3.63, 3.8) is 0 Å². The molecule has 0 aromatic carbocycles. The number of hydrogen-bond donors (Lipinski definition) is 0. The summed E-state index contributed by atoms with van der Waals surface area (Å²) in [4.78, 5) is 38.3. The van der Waals surface area contributed by atoms with Crippen LogP contribution < -0.4 is 0 Å². The van der Waals surface area contributed by atoms with Crippen molar-refractivity contribution in [1.82, 2.24) is 0 Å². The van der Waals surface area contributed by atoms with Crippen molar-refractivity contribution in [2.45, 2.75) is 297 Å². The third-order valence-corrected chi connectivity index (χ3v) is 13.2. The molecule has 0 aliphatic rings. The van der Waals surface area contributed by atoms with Crippen LogP contribution in [-0.2, 0) is 28.6 Å². The van der Waals surface area contributed by atoms with Gasteiger partial charge in [0.1, 0.15) is 13.2 Å². The molecule has 0 spiro atoms. The van der Waals surface area contributed by atoms with Crippen LogP contribution in [-0.4, -0.2) is 37.2 Å². The first-order chi connectivity index (χ1) is 37.0. The smallest absolute Gasteiger partial charge is 0.306 e. The summed E-state index contributed by atoms with van der Waals surface area (Å²) in [5, 5.41) is 0. The fourth-order valence-electron chi connectivity index (χ4n) is 8.53. The molecule has 0 radical (unpaired) electrons. The summed E-state index contributed by atoms with van der Waals surface area (Å²) >= 11 is 0. The fraction of sp³-hybridized carbons (Fsp3) is 0.696. The number of ether oxygens (including phenoxy) is 3. The molecule has 0 aromatic rings. The molecule has 0 aromatic heterocycles. The minimum atomic E-state index is -0.797. The number of rotatable bonds is 56. The Morgan fingerprint density at radius 3 is 0.813 bits per heavy atom. The summed E-state index contributed by atoms with van der Waals surface area (Å²) in [5.74, 6) is -0.916. The van der Waals surface area contributed by atoms with Crippen molar-refractivity contribution in [1.29, 1.82) is 0 Å². The van der Waals surface area contributed by atoms with Crippen LogP contribution in [0.15, 0.2) is 109 Å². The van der Waals surface area contributed by atoms with E-state index in [9.17, 15) is 14.4 Å². The van der Waals surface area contributed by atoms with Crippen LogP contribution in [0.4, 0.5) is 0 Å². The van der Waals surface area contributed by atoms with Gasteiger partial charge in [-0.25, -0.2) is 0 Å². The second kappa shape index (κ2) is 62.6. The summed E-state index contributed by atoms with van der Waals surface area (Å²) in [6, 6.07) is 0. The maximum Gasteiger partial charge on any atom is 0.306 e. The lowest BCUT2D eigenvalue weighted by atomic mass is 10.1. The Morgan fingerprint density at radius 1 is 0.280 bits per heavy atom. The summed E-state index contributed by atoms with van der Waals surface area (Å²) in [5.41, 5.74) is 0. The summed E-state index contributed by atoms with van der Waals surface area (Å²) in [6.45, 7) is 6.47. The first-order valence-electron chi connectivity index (χ1n) is 31.4. The summed E-state index contributed by atoms with van der Waals surface area (Å²) < 4.78 is 16.9. The molecule has 428 valence electrons. The molecule has 6 heteroatoms. The average molecular weight is 1040 g/mol. The van der Waals surface area contributed by atoms with E-state index in [0.29, 0.717) is 19.3 Å². The van der Waals surface area contributed by atoms with Crippen LogP contribution in [0.1, 0.15) is 290 Å². The second-order valence-corrected chi connectivity index (χ2v) is 20.6. The van der Waals surface area contributed by atoms with E-state index in [0.717, 1.165) is 128 Å². The van der Waals surface area contributed by atoms with E-state index < -0.39 is 6.10 Å². The molecule has 0 heterocycles. The minimum Gasteiger partial charge on any atom is -0.462 e. The van der Waals surface area contributed by atoms with Gasteiger partial charge in [0.25, 0.3) is 0 Å². The van der Waals surface area contributed by atoms with Gasteiger partial charge in [-0.15, -0.1) is 0 Å². The Kier molecular flexibility index (Phi) is 59.3. The number of carbonyl (C=O) groups is 3. The van der Waals surface area contributed by atoms with E-state index in [1.807, 2.05) is 0 Å². The van der Waals surface area contributed by atoms with Crippen LogP contribution >= 0.6 is 0 Å². The summed E-state index contributed by atoms with van der Waals surface area (Å²) in [6.07, 6.45) is 85.0. The van der Waals surface area contributed by atoms with Crippen molar-refractivity contribution < 1.29 is 28.6 Å². The standard InChI is InChI=1S/C69H116O6/c1-4-7-10-13-16-19-22-25-28-31-34-37-40-43-46-49-52-55-58-61-67(70)73-64-66(75-69(72)63-60-57-54-51-48-45-42-39-36-33-30-27-24-21-18-15-12-9-6-3)65-74-68(71)62-59-56-53-50-47-44-41-38-35-32-29-26-23-20-17-14-11-8-5-2/h7,10,16-21,25-30,34,36-37,39,66H,4-6,8-9,11-15,22-24,31-33,35,38,40-65H2,1-3H3/b10-7-,19-16-,20-17-,21-18-,28-25-,29-26-,30-27-,37-34-,39-36-. The highest BCUT2D eigenvalue weighted by Gasteiger charge is 2.19. The molecule has 0 bridgehead atoms. The van der Waals surface area contributed by atoms with Gasteiger partial charge in [0.15, 0.2) is 6.10 Å². The molecular formula is C69H116O6. The van der Waals surface area contributed by atoms with Crippen LogP contribution in [0, 0.1) is 0 Å². The highest BCUT2D eigenvalue weighted by Crippen LogP contribution is 2.15. The topological polar surface area (TPSA) is 78.9 Å². The Bertz CT molecular complexity index is 1520. The molecule has 0 aliphatic carbocycles. The first-order valence-corrected chi connectivity index (χ1v) is 31.4. The van der Waals surface area contributed by atoms with Crippen LogP contribution in [0.5, 0.6) is 0 Å². The van der Waals surface area contributed by atoms with Crippen LogP contribution in [0.2, 0.25) is 0 Å². The molecule has 6 nitrogen and oxygen atoms in total. The van der Waals surface area contributed by atoms with Gasteiger partial charge in [-0.2, -0.15) is 0 Å². The molecule has 0 saturated carbocycles. The van der Waals surface area contributed by atoms with Gasteiger partial charge in [0, 0.05) is 19.3 Å². The van der Waals surface area contributed by atoms with Crippen molar-refractivity contribution in [3.8, 4) is 0 Å². The van der Waals surface area contributed by atoms with Crippen molar-refractivity contribution in [2.24, 2.45) is 0 Å². The van der Waals surface area contributed by atoms with E-state index >= 15 is 0 Å². The maximum absolute atomic E-state index is 12.9. The molecule has 0 amide bonds. The Morgan fingerprint density at radius 2 is 0.520 bits per heavy atom. The van der Waals surface area contributed by atoms with E-state index in [2.05, 4.69) is 130 Å². The minimum absolute atomic E-state index is 0.0913. The van der Waals surface area contributed by atoms with Crippen molar-refractivity contribution >= 4 is 17.9 Å². The third-order valence-electron chi connectivity index (χ3n) is 13.2. The average Bonchev–Trinajstić information content (AvgIpc) is 3.41. The Labute approximate surface area is 463 Å². The van der Waals surface area contributed by atoms with E-state index in [4.69, 9.17) is 14.2 Å².